The number of nitrogens with zero attached hydrogens (tertiary/aromatic N) is 2. The predicted molar refractivity (Wildman–Crippen MR) is 70.0 cm³/mol. The minimum atomic E-state index is -0.475. The molecule has 1 saturated carbocycles. The molecule has 4 heteroatoms. The van der Waals surface area contributed by atoms with E-state index in [9.17, 15) is 4.79 Å². The average Bonchev–Trinajstić information content (AvgIpc) is 2.74. The predicted octanol–water partition coefficient (Wildman–Crippen LogP) is 3.33. The van der Waals surface area contributed by atoms with Crippen molar-refractivity contribution in [1.29, 1.82) is 5.26 Å². The molecule has 4 nitrogen and oxygen atoms in total. The van der Waals surface area contributed by atoms with Gasteiger partial charge in [0.25, 0.3) is 0 Å². The second-order valence-electron chi connectivity index (χ2n) is 5.98. The largest absolute Gasteiger partial charge is 0.444 e. The first kappa shape index (κ1) is 14.8. The van der Waals surface area contributed by atoms with Gasteiger partial charge in [-0.2, -0.15) is 5.26 Å². The van der Waals surface area contributed by atoms with Crippen LogP contribution in [0.15, 0.2) is 0 Å². The van der Waals surface area contributed by atoms with E-state index in [1.807, 2.05) is 20.8 Å². The molecule has 0 unspecified atom stereocenters. The third-order valence-corrected chi connectivity index (χ3v) is 3.10. The van der Waals surface area contributed by atoms with E-state index in [4.69, 9.17) is 10.00 Å². The molecule has 0 aromatic carbocycles. The Morgan fingerprint density at radius 3 is 2.50 bits per heavy atom. The Kier molecular flexibility index (Phi) is 5.46. The highest BCUT2D eigenvalue weighted by Crippen LogP contribution is 2.26. The van der Waals surface area contributed by atoms with Crippen LogP contribution in [0.25, 0.3) is 0 Å². The molecule has 0 bridgehead atoms. The monoisotopic (exact) mass is 252 g/mol. The number of rotatable bonds is 4. The molecule has 0 heterocycles. The first-order chi connectivity index (χ1) is 8.42. The molecule has 1 aliphatic rings. The third kappa shape index (κ3) is 5.39. The summed E-state index contributed by atoms with van der Waals surface area (Å²) in [5, 5.41) is 8.66. The Balaban J connectivity index is 2.53. The van der Waals surface area contributed by atoms with Crippen LogP contribution in [-0.2, 0) is 4.74 Å². The number of hydrogen-bond donors (Lipinski definition) is 0. The van der Waals surface area contributed by atoms with Gasteiger partial charge in [-0.1, -0.05) is 12.8 Å². The lowest BCUT2D eigenvalue weighted by Crippen LogP contribution is -2.39. The van der Waals surface area contributed by atoms with Gasteiger partial charge in [0.05, 0.1) is 12.5 Å². The fourth-order valence-electron chi connectivity index (χ4n) is 2.27. The zero-order valence-corrected chi connectivity index (χ0v) is 11.7. The fourth-order valence-corrected chi connectivity index (χ4v) is 2.27. The summed E-state index contributed by atoms with van der Waals surface area (Å²) < 4.78 is 5.38. The van der Waals surface area contributed by atoms with E-state index in [-0.39, 0.29) is 6.09 Å². The van der Waals surface area contributed by atoms with E-state index in [1.54, 1.807) is 4.90 Å². The Bertz CT molecular complexity index is 309. The molecule has 0 aromatic heterocycles. The summed E-state index contributed by atoms with van der Waals surface area (Å²) in [5.41, 5.74) is -0.475. The third-order valence-electron chi connectivity index (χ3n) is 3.10. The molecule has 102 valence electrons. The number of carbonyl (C=O) groups is 1. The highest BCUT2D eigenvalue weighted by molar-refractivity contribution is 5.68. The molecule has 0 saturated heterocycles. The first-order valence-electron chi connectivity index (χ1n) is 6.77. The highest BCUT2D eigenvalue weighted by atomic mass is 16.6. The van der Waals surface area contributed by atoms with E-state index >= 15 is 0 Å². The van der Waals surface area contributed by atoms with E-state index in [0.29, 0.717) is 18.9 Å². The van der Waals surface area contributed by atoms with Crippen LogP contribution >= 0.6 is 0 Å². The van der Waals surface area contributed by atoms with Crippen LogP contribution in [-0.4, -0.2) is 29.7 Å². The number of carbonyl (C=O) groups excluding carboxylic acids is 1. The summed E-state index contributed by atoms with van der Waals surface area (Å²) in [4.78, 5) is 13.7. The van der Waals surface area contributed by atoms with Gasteiger partial charge in [0.15, 0.2) is 0 Å². The molecular formula is C14H24N2O2. The van der Waals surface area contributed by atoms with Crippen molar-refractivity contribution < 1.29 is 9.53 Å². The molecule has 0 aliphatic heterocycles. The molecule has 1 fully saturated rings. The van der Waals surface area contributed by atoms with Gasteiger partial charge in [0.1, 0.15) is 5.60 Å². The van der Waals surface area contributed by atoms with Gasteiger partial charge < -0.3 is 9.64 Å². The molecule has 0 N–H and O–H groups in total. The first-order valence-corrected chi connectivity index (χ1v) is 6.77. The normalized spacial score (nSPS) is 16.3. The second-order valence-corrected chi connectivity index (χ2v) is 5.98. The van der Waals surface area contributed by atoms with Gasteiger partial charge in [0.2, 0.25) is 0 Å². The maximum atomic E-state index is 12.0. The quantitative estimate of drug-likeness (QED) is 0.771. The number of hydrogen-bond acceptors (Lipinski definition) is 3. The van der Waals surface area contributed by atoms with Crippen molar-refractivity contribution in [2.24, 2.45) is 5.92 Å². The van der Waals surface area contributed by atoms with Crippen LogP contribution in [0.1, 0.15) is 52.9 Å². The zero-order valence-electron chi connectivity index (χ0n) is 11.7. The van der Waals surface area contributed by atoms with Crippen LogP contribution in [0.4, 0.5) is 4.79 Å². The van der Waals surface area contributed by atoms with Crippen molar-refractivity contribution in [2.75, 3.05) is 13.1 Å². The SMILES string of the molecule is CC(C)(C)OC(=O)N(CCC#N)CC1CCCC1. The van der Waals surface area contributed by atoms with Crippen molar-refractivity contribution in [3.05, 3.63) is 0 Å². The van der Waals surface area contributed by atoms with Crippen molar-refractivity contribution in [1.82, 2.24) is 4.90 Å². The van der Waals surface area contributed by atoms with E-state index in [2.05, 4.69) is 6.07 Å². The maximum Gasteiger partial charge on any atom is 0.410 e. The fraction of sp³-hybridized carbons (Fsp3) is 0.857. The molecule has 1 aliphatic carbocycles. The molecule has 18 heavy (non-hydrogen) atoms. The van der Waals surface area contributed by atoms with Crippen LogP contribution in [0, 0.1) is 17.2 Å². The molecule has 1 rings (SSSR count). The number of ether oxygens (including phenoxy) is 1. The van der Waals surface area contributed by atoms with Crippen LogP contribution in [0.3, 0.4) is 0 Å². The van der Waals surface area contributed by atoms with E-state index < -0.39 is 5.60 Å². The van der Waals surface area contributed by atoms with Gasteiger partial charge in [0, 0.05) is 13.1 Å². The molecule has 1 amide bonds. The van der Waals surface area contributed by atoms with Gasteiger partial charge >= 0.3 is 6.09 Å². The molecule has 0 aromatic rings. The lowest BCUT2D eigenvalue weighted by atomic mass is 10.1. The van der Waals surface area contributed by atoms with Crippen molar-refractivity contribution in [3.8, 4) is 6.07 Å². The molecular weight excluding hydrogens is 228 g/mol. The summed E-state index contributed by atoms with van der Waals surface area (Å²) in [6.07, 6.45) is 4.96. The number of amides is 1. The summed E-state index contributed by atoms with van der Waals surface area (Å²) in [5.74, 6) is 0.580. The minimum absolute atomic E-state index is 0.287. The van der Waals surface area contributed by atoms with Crippen molar-refractivity contribution in [3.63, 3.8) is 0 Å². The Morgan fingerprint density at radius 1 is 1.39 bits per heavy atom. The van der Waals surface area contributed by atoms with Gasteiger partial charge in [-0.05, 0) is 39.5 Å². The second kappa shape index (κ2) is 6.63. The molecule has 0 spiro atoms. The van der Waals surface area contributed by atoms with Gasteiger partial charge in [-0.25, -0.2) is 4.79 Å². The molecule has 0 atom stereocenters. The summed E-state index contributed by atoms with van der Waals surface area (Å²) >= 11 is 0. The van der Waals surface area contributed by atoms with Crippen molar-refractivity contribution >= 4 is 6.09 Å². The Hall–Kier alpha value is -1.24. The van der Waals surface area contributed by atoms with E-state index in [0.717, 1.165) is 6.54 Å². The Labute approximate surface area is 110 Å². The van der Waals surface area contributed by atoms with Gasteiger partial charge in [-0.3, -0.25) is 0 Å². The topological polar surface area (TPSA) is 53.3 Å². The van der Waals surface area contributed by atoms with Crippen LogP contribution in [0.2, 0.25) is 0 Å². The minimum Gasteiger partial charge on any atom is -0.444 e. The number of nitriles is 1. The Morgan fingerprint density at radius 2 is 2.00 bits per heavy atom. The lowest BCUT2D eigenvalue weighted by molar-refractivity contribution is 0.0226. The summed E-state index contributed by atoms with van der Waals surface area (Å²) in [6, 6.07) is 2.09. The van der Waals surface area contributed by atoms with Crippen LogP contribution < -0.4 is 0 Å². The average molecular weight is 252 g/mol. The zero-order chi connectivity index (χ0) is 13.6. The highest BCUT2D eigenvalue weighted by Gasteiger charge is 2.25. The van der Waals surface area contributed by atoms with Crippen molar-refractivity contribution in [2.45, 2.75) is 58.5 Å². The van der Waals surface area contributed by atoms with Crippen LogP contribution in [0.5, 0.6) is 0 Å². The molecule has 0 radical (unpaired) electrons. The lowest BCUT2D eigenvalue weighted by Gasteiger charge is -2.28. The standard InChI is InChI=1S/C14H24N2O2/c1-14(2,3)18-13(17)16(10-6-9-15)11-12-7-4-5-8-12/h12H,4-8,10-11H2,1-3H3. The van der Waals surface area contributed by atoms with E-state index in [1.165, 1.54) is 25.7 Å². The summed E-state index contributed by atoms with van der Waals surface area (Å²) in [7, 11) is 0. The smallest absolute Gasteiger partial charge is 0.410 e. The maximum absolute atomic E-state index is 12.0. The summed E-state index contributed by atoms with van der Waals surface area (Å²) in [6.45, 7) is 6.80. The van der Waals surface area contributed by atoms with Gasteiger partial charge in [-0.15, -0.1) is 0 Å².